The molecule has 1 N–H and O–H groups in total. The SMILES string of the molecule is CC(C)CC1CNCCCN1Cc1c(F)cccc1Cl. The second kappa shape index (κ2) is 7.39. The van der Waals surface area contributed by atoms with Crippen molar-refractivity contribution in [2.75, 3.05) is 19.6 Å². The lowest BCUT2D eigenvalue weighted by Gasteiger charge is -2.31. The Morgan fingerprint density at radius 3 is 2.95 bits per heavy atom. The van der Waals surface area contributed by atoms with Gasteiger partial charge in [0.2, 0.25) is 0 Å². The van der Waals surface area contributed by atoms with E-state index in [-0.39, 0.29) is 5.82 Å². The van der Waals surface area contributed by atoms with Crippen LogP contribution in [0.2, 0.25) is 5.02 Å². The van der Waals surface area contributed by atoms with Crippen LogP contribution in [0.25, 0.3) is 0 Å². The summed E-state index contributed by atoms with van der Waals surface area (Å²) in [4.78, 5) is 2.38. The van der Waals surface area contributed by atoms with Gasteiger partial charge in [-0.05, 0) is 37.4 Å². The maximum absolute atomic E-state index is 14.0. The Kier molecular flexibility index (Phi) is 5.82. The number of hydrogen-bond donors (Lipinski definition) is 1. The lowest BCUT2D eigenvalue weighted by molar-refractivity contribution is 0.175. The van der Waals surface area contributed by atoms with Crippen LogP contribution in [0.15, 0.2) is 18.2 Å². The van der Waals surface area contributed by atoms with E-state index in [0.717, 1.165) is 32.5 Å². The lowest BCUT2D eigenvalue weighted by atomic mass is 10.0. The zero-order valence-corrected chi connectivity index (χ0v) is 13.1. The summed E-state index contributed by atoms with van der Waals surface area (Å²) in [5.74, 6) is 0.441. The fourth-order valence-corrected chi connectivity index (χ4v) is 3.08. The van der Waals surface area contributed by atoms with Crippen LogP contribution >= 0.6 is 11.6 Å². The van der Waals surface area contributed by atoms with Gasteiger partial charge in [0.15, 0.2) is 0 Å². The summed E-state index contributed by atoms with van der Waals surface area (Å²) in [5, 5.41) is 4.01. The molecule has 1 unspecified atom stereocenters. The summed E-state index contributed by atoms with van der Waals surface area (Å²) in [7, 11) is 0. The van der Waals surface area contributed by atoms with Crippen LogP contribution in [-0.2, 0) is 6.54 Å². The Labute approximate surface area is 126 Å². The Morgan fingerprint density at radius 2 is 2.25 bits per heavy atom. The van der Waals surface area contributed by atoms with E-state index in [2.05, 4.69) is 24.1 Å². The average molecular weight is 299 g/mol. The molecule has 1 aliphatic rings. The van der Waals surface area contributed by atoms with Gasteiger partial charge in [-0.1, -0.05) is 31.5 Å². The van der Waals surface area contributed by atoms with Crippen molar-refractivity contribution in [3.63, 3.8) is 0 Å². The molecule has 1 atom stereocenters. The van der Waals surface area contributed by atoms with E-state index in [4.69, 9.17) is 11.6 Å². The molecule has 1 aliphatic heterocycles. The van der Waals surface area contributed by atoms with Crippen molar-refractivity contribution in [1.82, 2.24) is 10.2 Å². The molecule has 1 saturated heterocycles. The van der Waals surface area contributed by atoms with Gasteiger partial charge in [-0.15, -0.1) is 0 Å². The maximum atomic E-state index is 14.0. The minimum Gasteiger partial charge on any atom is -0.315 e. The third-order valence-electron chi connectivity index (χ3n) is 3.86. The van der Waals surface area contributed by atoms with Crippen molar-refractivity contribution in [1.29, 1.82) is 0 Å². The van der Waals surface area contributed by atoms with Crippen molar-refractivity contribution >= 4 is 11.6 Å². The third kappa shape index (κ3) is 4.18. The molecule has 0 aliphatic carbocycles. The largest absolute Gasteiger partial charge is 0.315 e. The van der Waals surface area contributed by atoms with Gasteiger partial charge >= 0.3 is 0 Å². The summed E-state index contributed by atoms with van der Waals surface area (Å²) >= 11 is 6.16. The third-order valence-corrected chi connectivity index (χ3v) is 4.22. The Balaban J connectivity index is 2.14. The number of nitrogens with zero attached hydrogens (tertiary/aromatic N) is 1. The molecule has 1 aromatic rings. The quantitative estimate of drug-likeness (QED) is 0.912. The summed E-state index contributed by atoms with van der Waals surface area (Å²) in [6, 6.07) is 5.38. The van der Waals surface area contributed by atoms with Gasteiger partial charge in [0.05, 0.1) is 0 Å². The molecule has 2 rings (SSSR count). The van der Waals surface area contributed by atoms with E-state index in [1.165, 1.54) is 6.07 Å². The second-order valence-electron chi connectivity index (χ2n) is 6.01. The van der Waals surface area contributed by atoms with Crippen molar-refractivity contribution in [2.45, 2.75) is 39.3 Å². The van der Waals surface area contributed by atoms with E-state index in [9.17, 15) is 4.39 Å². The maximum Gasteiger partial charge on any atom is 0.129 e. The average Bonchev–Trinajstić information content (AvgIpc) is 2.59. The van der Waals surface area contributed by atoms with Crippen LogP contribution < -0.4 is 5.32 Å². The topological polar surface area (TPSA) is 15.3 Å². The van der Waals surface area contributed by atoms with Gasteiger partial charge in [0.25, 0.3) is 0 Å². The molecule has 4 heteroatoms. The molecule has 0 amide bonds. The lowest BCUT2D eigenvalue weighted by Crippen LogP contribution is -2.40. The fourth-order valence-electron chi connectivity index (χ4n) is 2.86. The standard InChI is InChI=1S/C16H24ClFN2/c1-12(2)9-13-10-19-7-4-8-20(13)11-14-15(17)5-3-6-16(14)18/h3,5-6,12-13,19H,4,7-11H2,1-2H3. The molecular formula is C16H24ClFN2. The monoisotopic (exact) mass is 298 g/mol. The zero-order valence-electron chi connectivity index (χ0n) is 12.3. The number of halogens is 2. The zero-order chi connectivity index (χ0) is 14.5. The van der Waals surface area contributed by atoms with Crippen molar-refractivity contribution in [3.8, 4) is 0 Å². The molecule has 20 heavy (non-hydrogen) atoms. The first-order valence-electron chi connectivity index (χ1n) is 7.45. The second-order valence-corrected chi connectivity index (χ2v) is 6.42. The predicted octanol–water partition coefficient (Wildman–Crippen LogP) is 3.69. The normalized spacial score (nSPS) is 21.1. The smallest absolute Gasteiger partial charge is 0.129 e. The fraction of sp³-hybridized carbons (Fsp3) is 0.625. The first kappa shape index (κ1) is 15.7. The van der Waals surface area contributed by atoms with Gasteiger partial charge < -0.3 is 5.32 Å². The molecule has 0 radical (unpaired) electrons. The van der Waals surface area contributed by atoms with E-state index < -0.39 is 0 Å². The summed E-state index contributed by atoms with van der Waals surface area (Å²) in [6.07, 6.45) is 2.22. The van der Waals surface area contributed by atoms with Gasteiger partial charge in [-0.3, -0.25) is 4.90 Å². The molecule has 2 nitrogen and oxygen atoms in total. The van der Waals surface area contributed by atoms with Crippen LogP contribution in [0.1, 0.15) is 32.3 Å². The molecule has 1 heterocycles. The van der Waals surface area contributed by atoms with Crippen LogP contribution in [0, 0.1) is 11.7 Å². The summed E-state index contributed by atoms with van der Waals surface area (Å²) in [5.41, 5.74) is 0.629. The van der Waals surface area contributed by atoms with Gasteiger partial charge in [-0.25, -0.2) is 4.39 Å². The van der Waals surface area contributed by atoms with Crippen LogP contribution in [0.3, 0.4) is 0 Å². The molecular weight excluding hydrogens is 275 g/mol. The molecule has 0 bridgehead atoms. The highest BCUT2D eigenvalue weighted by Gasteiger charge is 2.23. The summed E-state index contributed by atoms with van der Waals surface area (Å²) < 4.78 is 14.0. The highest BCUT2D eigenvalue weighted by molar-refractivity contribution is 6.31. The Bertz CT molecular complexity index is 416. The Morgan fingerprint density at radius 1 is 1.45 bits per heavy atom. The summed E-state index contributed by atoms with van der Waals surface area (Å²) in [6.45, 7) is 8.08. The number of hydrogen-bond acceptors (Lipinski definition) is 2. The predicted molar refractivity (Wildman–Crippen MR) is 82.5 cm³/mol. The van der Waals surface area contributed by atoms with Gasteiger partial charge in [0.1, 0.15) is 5.82 Å². The highest BCUT2D eigenvalue weighted by atomic mass is 35.5. The molecule has 0 spiro atoms. The minimum absolute atomic E-state index is 0.196. The van der Waals surface area contributed by atoms with Gasteiger partial charge in [-0.2, -0.15) is 0 Å². The minimum atomic E-state index is -0.196. The highest BCUT2D eigenvalue weighted by Crippen LogP contribution is 2.23. The first-order valence-corrected chi connectivity index (χ1v) is 7.83. The van der Waals surface area contributed by atoms with E-state index in [1.807, 2.05) is 0 Å². The molecule has 1 aromatic carbocycles. The molecule has 112 valence electrons. The van der Waals surface area contributed by atoms with Gasteiger partial charge in [0, 0.05) is 36.3 Å². The number of rotatable bonds is 4. The van der Waals surface area contributed by atoms with Crippen molar-refractivity contribution < 1.29 is 4.39 Å². The molecule has 1 fully saturated rings. The number of benzene rings is 1. The Hall–Kier alpha value is -0.640. The molecule has 0 aromatic heterocycles. The molecule has 0 saturated carbocycles. The van der Waals surface area contributed by atoms with Crippen molar-refractivity contribution in [3.05, 3.63) is 34.6 Å². The van der Waals surface area contributed by atoms with Crippen LogP contribution in [0.4, 0.5) is 4.39 Å². The van der Waals surface area contributed by atoms with Crippen LogP contribution in [-0.4, -0.2) is 30.6 Å². The van der Waals surface area contributed by atoms with Crippen LogP contribution in [0.5, 0.6) is 0 Å². The van der Waals surface area contributed by atoms with E-state index >= 15 is 0 Å². The van der Waals surface area contributed by atoms with E-state index in [0.29, 0.717) is 29.1 Å². The van der Waals surface area contributed by atoms with E-state index in [1.54, 1.807) is 12.1 Å². The van der Waals surface area contributed by atoms with Crippen molar-refractivity contribution in [2.24, 2.45) is 5.92 Å². The first-order chi connectivity index (χ1) is 9.58. The number of nitrogens with one attached hydrogen (secondary N) is 1.